The summed E-state index contributed by atoms with van der Waals surface area (Å²) in [4.78, 5) is 28.1. The van der Waals surface area contributed by atoms with Crippen LogP contribution in [0.25, 0.3) is 6.08 Å². The number of hydrogen-bond donors (Lipinski definition) is 0. The van der Waals surface area contributed by atoms with Crippen LogP contribution in [-0.2, 0) is 19.1 Å². The van der Waals surface area contributed by atoms with Gasteiger partial charge in [0.25, 0.3) is 0 Å². The number of carbonyl (C=O) groups is 2. The molecular formula is C21H16Cl2INO6. The van der Waals surface area contributed by atoms with Gasteiger partial charge in [-0.2, -0.15) is 0 Å². The summed E-state index contributed by atoms with van der Waals surface area (Å²) in [5.74, 6) is -0.224. The van der Waals surface area contributed by atoms with E-state index in [-0.39, 0.29) is 24.8 Å². The lowest BCUT2D eigenvalue weighted by atomic mass is 10.1. The normalized spacial score (nSPS) is 14.3. The number of carbonyl (C=O) groups excluding carboxylic acids is 2. The van der Waals surface area contributed by atoms with Gasteiger partial charge in [-0.15, -0.1) is 0 Å². The maximum atomic E-state index is 12.3. The van der Waals surface area contributed by atoms with E-state index >= 15 is 0 Å². The van der Waals surface area contributed by atoms with Gasteiger partial charge in [0.05, 0.1) is 27.9 Å². The predicted octanol–water partition coefficient (Wildman–Crippen LogP) is 4.89. The molecule has 0 fully saturated rings. The van der Waals surface area contributed by atoms with Gasteiger partial charge < -0.3 is 18.9 Å². The highest BCUT2D eigenvalue weighted by Gasteiger charge is 2.26. The van der Waals surface area contributed by atoms with Crippen molar-refractivity contribution in [2.75, 3.05) is 20.3 Å². The van der Waals surface area contributed by atoms with Gasteiger partial charge in [-0.05, 0) is 71.5 Å². The van der Waals surface area contributed by atoms with Gasteiger partial charge in [-0.1, -0.05) is 23.2 Å². The fourth-order valence-electron chi connectivity index (χ4n) is 2.64. The van der Waals surface area contributed by atoms with Crippen LogP contribution in [0.1, 0.15) is 18.1 Å². The monoisotopic (exact) mass is 575 g/mol. The summed E-state index contributed by atoms with van der Waals surface area (Å²) >= 11 is 14.1. The molecule has 0 amide bonds. The average Bonchev–Trinajstić information content (AvgIpc) is 3.06. The van der Waals surface area contributed by atoms with Gasteiger partial charge in [0.15, 0.2) is 23.8 Å². The molecule has 0 unspecified atom stereocenters. The largest absolute Gasteiger partial charge is 0.493 e. The average molecular weight is 576 g/mol. The van der Waals surface area contributed by atoms with Crippen LogP contribution in [0.15, 0.2) is 41.0 Å². The van der Waals surface area contributed by atoms with E-state index < -0.39 is 11.9 Å². The van der Waals surface area contributed by atoms with E-state index in [0.29, 0.717) is 36.2 Å². The molecule has 0 N–H and O–H groups in total. The molecule has 162 valence electrons. The van der Waals surface area contributed by atoms with E-state index in [0.717, 1.165) is 0 Å². The van der Waals surface area contributed by atoms with Gasteiger partial charge in [-0.3, -0.25) is 0 Å². The Labute approximate surface area is 202 Å². The minimum Gasteiger partial charge on any atom is -0.493 e. The quantitative estimate of drug-likeness (QED) is 0.265. The fourth-order valence-corrected chi connectivity index (χ4v) is 3.91. The summed E-state index contributed by atoms with van der Waals surface area (Å²) in [6.45, 7) is 1.73. The van der Waals surface area contributed by atoms with Gasteiger partial charge in [0, 0.05) is 5.02 Å². The standard InChI is InChI=1S/C21H16Cl2INO6/c1-3-29-18(26)10-30-19-15(24)6-11(8-17(19)28-2)7-16-21(27)31-20(25-16)13-5-4-12(22)9-14(13)23/h4-9H,3,10H2,1-2H3/b16-7-. The van der Waals surface area contributed by atoms with Crippen LogP contribution in [0.2, 0.25) is 10.0 Å². The lowest BCUT2D eigenvalue weighted by molar-refractivity contribution is -0.145. The molecule has 0 radical (unpaired) electrons. The van der Waals surface area contributed by atoms with E-state index in [2.05, 4.69) is 4.99 Å². The minimum atomic E-state index is -0.613. The van der Waals surface area contributed by atoms with E-state index in [1.54, 1.807) is 43.3 Å². The number of hydrogen-bond acceptors (Lipinski definition) is 7. The van der Waals surface area contributed by atoms with Crippen molar-refractivity contribution in [2.45, 2.75) is 6.92 Å². The fraction of sp³-hybridized carbons (Fsp3) is 0.190. The molecule has 0 saturated heterocycles. The second-order valence-corrected chi connectivity index (χ2v) is 8.09. The molecule has 3 rings (SSSR count). The summed E-state index contributed by atoms with van der Waals surface area (Å²) in [6.07, 6.45) is 1.55. The maximum Gasteiger partial charge on any atom is 0.363 e. The number of cyclic esters (lactones) is 1. The molecule has 7 nitrogen and oxygen atoms in total. The van der Waals surface area contributed by atoms with Crippen molar-refractivity contribution in [1.82, 2.24) is 0 Å². The van der Waals surface area contributed by atoms with Crippen molar-refractivity contribution < 1.29 is 28.5 Å². The van der Waals surface area contributed by atoms with Crippen molar-refractivity contribution in [3.63, 3.8) is 0 Å². The number of benzene rings is 2. The van der Waals surface area contributed by atoms with Crippen LogP contribution in [0.4, 0.5) is 0 Å². The molecule has 0 aliphatic carbocycles. The van der Waals surface area contributed by atoms with Crippen LogP contribution >= 0.6 is 45.8 Å². The van der Waals surface area contributed by atoms with Gasteiger partial charge in [0.2, 0.25) is 5.90 Å². The van der Waals surface area contributed by atoms with Gasteiger partial charge >= 0.3 is 11.9 Å². The van der Waals surface area contributed by atoms with Crippen LogP contribution in [-0.4, -0.2) is 38.2 Å². The third-order valence-electron chi connectivity index (χ3n) is 3.98. The zero-order valence-corrected chi connectivity index (χ0v) is 20.1. The molecule has 0 saturated carbocycles. The first-order valence-corrected chi connectivity index (χ1v) is 10.8. The van der Waals surface area contributed by atoms with E-state index in [9.17, 15) is 9.59 Å². The smallest absolute Gasteiger partial charge is 0.363 e. The highest BCUT2D eigenvalue weighted by Crippen LogP contribution is 2.35. The van der Waals surface area contributed by atoms with Crippen LogP contribution in [0.3, 0.4) is 0 Å². The summed E-state index contributed by atoms with van der Waals surface area (Å²) in [5, 5.41) is 0.779. The number of ether oxygens (including phenoxy) is 4. The summed E-state index contributed by atoms with van der Waals surface area (Å²) < 4.78 is 21.7. The number of halogens is 3. The first kappa shape index (κ1) is 23.4. The Bertz CT molecular complexity index is 1100. The Morgan fingerprint density at radius 2 is 2.03 bits per heavy atom. The lowest BCUT2D eigenvalue weighted by Crippen LogP contribution is -2.15. The molecule has 0 spiro atoms. The Balaban J connectivity index is 1.88. The maximum absolute atomic E-state index is 12.3. The molecule has 0 aromatic heterocycles. The zero-order chi connectivity index (χ0) is 22.5. The molecule has 2 aromatic carbocycles. The van der Waals surface area contributed by atoms with E-state index in [4.69, 9.17) is 42.1 Å². The molecule has 10 heteroatoms. The number of aliphatic imine (C=N–C) groups is 1. The number of rotatable bonds is 7. The number of esters is 2. The zero-order valence-electron chi connectivity index (χ0n) is 16.4. The third kappa shape index (κ3) is 5.69. The van der Waals surface area contributed by atoms with Crippen molar-refractivity contribution in [3.8, 4) is 11.5 Å². The summed E-state index contributed by atoms with van der Waals surface area (Å²) in [6, 6.07) is 8.21. The molecule has 2 aromatic rings. The Kier molecular flexibility index (Phi) is 7.79. The Morgan fingerprint density at radius 3 is 2.71 bits per heavy atom. The molecule has 1 aliphatic rings. The number of nitrogens with zero attached hydrogens (tertiary/aromatic N) is 1. The molecule has 31 heavy (non-hydrogen) atoms. The van der Waals surface area contributed by atoms with Crippen molar-refractivity contribution in [2.24, 2.45) is 4.99 Å². The van der Waals surface area contributed by atoms with Crippen molar-refractivity contribution in [3.05, 3.63) is 60.8 Å². The van der Waals surface area contributed by atoms with Crippen molar-refractivity contribution in [1.29, 1.82) is 0 Å². The molecule has 0 atom stereocenters. The highest BCUT2D eigenvalue weighted by atomic mass is 127. The Hall–Kier alpha value is -2.30. The van der Waals surface area contributed by atoms with E-state index in [1.165, 1.54) is 7.11 Å². The predicted molar refractivity (Wildman–Crippen MR) is 125 cm³/mol. The molecule has 0 bridgehead atoms. The lowest BCUT2D eigenvalue weighted by Gasteiger charge is -2.13. The number of methoxy groups -OCH3 is 1. The first-order valence-electron chi connectivity index (χ1n) is 8.96. The summed E-state index contributed by atoms with van der Waals surface area (Å²) in [7, 11) is 1.47. The highest BCUT2D eigenvalue weighted by molar-refractivity contribution is 14.1. The second-order valence-electron chi connectivity index (χ2n) is 6.09. The van der Waals surface area contributed by atoms with E-state index in [1.807, 2.05) is 22.6 Å². The van der Waals surface area contributed by atoms with Gasteiger partial charge in [-0.25, -0.2) is 14.6 Å². The SMILES string of the molecule is CCOC(=O)COc1c(I)cc(/C=C2\N=C(c3ccc(Cl)cc3Cl)OC2=O)cc1OC. The third-order valence-corrected chi connectivity index (χ3v) is 5.33. The molecular weight excluding hydrogens is 560 g/mol. The van der Waals surface area contributed by atoms with Crippen molar-refractivity contribution >= 4 is 69.7 Å². The minimum absolute atomic E-state index is 0.0916. The Morgan fingerprint density at radius 1 is 1.26 bits per heavy atom. The summed E-state index contributed by atoms with van der Waals surface area (Å²) in [5.41, 5.74) is 1.18. The van der Waals surface area contributed by atoms with Crippen LogP contribution in [0, 0.1) is 3.57 Å². The van der Waals surface area contributed by atoms with Crippen LogP contribution < -0.4 is 9.47 Å². The molecule has 1 aliphatic heterocycles. The van der Waals surface area contributed by atoms with Crippen LogP contribution in [0.5, 0.6) is 11.5 Å². The molecule has 1 heterocycles. The topological polar surface area (TPSA) is 83.4 Å². The van der Waals surface area contributed by atoms with Gasteiger partial charge in [0.1, 0.15) is 0 Å². The second kappa shape index (κ2) is 10.3. The first-order chi connectivity index (χ1) is 14.8.